The highest BCUT2D eigenvalue weighted by Crippen LogP contribution is 2.34. The van der Waals surface area contributed by atoms with Crippen molar-refractivity contribution in [1.82, 2.24) is 0 Å². The van der Waals surface area contributed by atoms with Gasteiger partial charge in [0.25, 0.3) is 0 Å². The summed E-state index contributed by atoms with van der Waals surface area (Å²) in [5, 5.41) is 17.5. The largest absolute Gasteiger partial charge is 0.508 e. The van der Waals surface area contributed by atoms with Gasteiger partial charge in [0.15, 0.2) is 0 Å². The number of nitrogens with two attached hydrogens (primary N) is 1. The third-order valence-corrected chi connectivity index (χ3v) is 2.16. The molecule has 94 valence electrons. The number of hydrogen-bond donors (Lipinski definition) is 3. The minimum atomic E-state index is -4.66. The highest BCUT2D eigenvalue weighted by molar-refractivity contribution is 5.73. The van der Waals surface area contributed by atoms with E-state index in [9.17, 15) is 18.0 Å². The van der Waals surface area contributed by atoms with Gasteiger partial charge in [0.2, 0.25) is 0 Å². The van der Waals surface area contributed by atoms with Gasteiger partial charge < -0.3 is 15.9 Å². The van der Waals surface area contributed by atoms with Crippen LogP contribution in [-0.4, -0.2) is 22.2 Å². The Balaban J connectivity index is 3.11. The van der Waals surface area contributed by atoms with Crippen LogP contribution >= 0.6 is 0 Å². The zero-order chi connectivity index (χ0) is 13.2. The van der Waals surface area contributed by atoms with Crippen LogP contribution in [0.5, 0.6) is 5.75 Å². The van der Waals surface area contributed by atoms with Gasteiger partial charge in [-0.3, -0.25) is 4.79 Å². The number of halogens is 3. The molecule has 17 heavy (non-hydrogen) atoms. The molecule has 0 saturated heterocycles. The molecule has 1 aromatic carbocycles. The topological polar surface area (TPSA) is 83.5 Å². The van der Waals surface area contributed by atoms with Crippen molar-refractivity contribution in [1.29, 1.82) is 0 Å². The number of aliphatic carboxylic acids is 1. The van der Waals surface area contributed by atoms with Crippen LogP contribution in [0.15, 0.2) is 18.2 Å². The molecule has 4 N–H and O–H groups in total. The summed E-state index contributed by atoms with van der Waals surface area (Å²) in [4.78, 5) is 10.5. The van der Waals surface area contributed by atoms with Crippen molar-refractivity contribution in [3.63, 3.8) is 0 Å². The van der Waals surface area contributed by atoms with E-state index in [1.807, 2.05) is 0 Å². The number of phenols is 1. The Labute approximate surface area is 94.5 Å². The molecule has 0 spiro atoms. The van der Waals surface area contributed by atoms with E-state index in [-0.39, 0.29) is 5.56 Å². The van der Waals surface area contributed by atoms with E-state index in [0.717, 1.165) is 12.1 Å². The van der Waals surface area contributed by atoms with Crippen LogP contribution < -0.4 is 5.73 Å². The quantitative estimate of drug-likeness (QED) is 0.755. The first kappa shape index (κ1) is 13.3. The molecule has 0 aliphatic carbocycles. The molecule has 0 aliphatic heterocycles. The first-order chi connectivity index (χ1) is 7.71. The lowest BCUT2D eigenvalue weighted by Gasteiger charge is -2.14. The van der Waals surface area contributed by atoms with Crippen molar-refractivity contribution in [2.75, 3.05) is 0 Å². The molecule has 4 nitrogen and oxygen atoms in total. The second kappa shape index (κ2) is 4.62. The fraction of sp³-hybridized carbons (Fsp3) is 0.300. The van der Waals surface area contributed by atoms with E-state index in [2.05, 4.69) is 0 Å². The predicted molar refractivity (Wildman–Crippen MR) is 52.4 cm³/mol. The monoisotopic (exact) mass is 249 g/mol. The fourth-order valence-electron chi connectivity index (χ4n) is 1.33. The molecule has 1 unspecified atom stereocenters. The summed E-state index contributed by atoms with van der Waals surface area (Å²) >= 11 is 0. The maximum absolute atomic E-state index is 12.6. The van der Waals surface area contributed by atoms with E-state index in [1.165, 1.54) is 0 Å². The van der Waals surface area contributed by atoms with Gasteiger partial charge in [0.1, 0.15) is 11.8 Å². The van der Waals surface area contributed by atoms with E-state index >= 15 is 0 Å². The molecule has 0 aromatic heterocycles. The first-order valence-corrected chi connectivity index (χ1v) is 4.59. The SMILES string of the molecule is NC(Cc1ccc(O)cc1C(F)(F)F)C(=O)O. The number of carboxylic acids is 1. The van der Waals surface area contributed by atoms with Gasteiger partial charge in [-0.1, -0.05) is 6.07 Å². The zero-order valence-electron chi connectivity index (χ0n) is 8.53. The van der Waals surface area contributed by atoms with Gasteiger partial charge >= 0.3 is 12.1 Å². The van der Waals surface area contributed by atoms with Crippen molar-refractivity contribution in [3.8, 4) is 5.75 Å². The first-order valence-electron chi connectivity index (χ1n) is 4.59. The number of carbonyl (C=O) groups is 1. The van der Waals surface area contributed by atoms with Gasteiger partial charge in [0, 0.05) is 0 Å². The van der Waals surface area contributed by atoms with E-state index < -0.39 is 35.9 Å². The van der Waals surface area contributed by atoms with Crippen molar-refractivity contribution < 1.29 is 28.2 Å². The highest BCUT2D eigenvalue weighted by atomic mass is 19.4. The number of aromatic hydroxyl groups is 1. The van der Waals surface area contributed by atoms with Crippen molar-refractivity contribution in [2.45, 2.75) is 18.6 Å². The van der Waals surface area contributed by atoms with E-state index in [4.69, 9.17) is 15.9 Å². The molecular weight excluding hydrogens is 239 g/mol. The van der Waals surface area contributed by atoms with Gasteiger partial charge in [-0.05, 0) is 24.1 Å². The average Bonchev–Trinajstić information content (AvgIpc) is 2.18. The molecule has 0 aliphatic rings. The molecule has 0 heterocycles. The lowest BCUT2D eigenvalue weighted by Crippen LogP contribution is -2.33. The minimum Gasteiger partial charge on any atom is -0.508 e. The van der Waals surface area contributed by atoms with Gasteiger partial charge in [-0.15, -0.1) is 0 Å². The molecule has 0 amide bonds. The second-order valence-electron chi connectivity index (χ2n) is 3.49. The third-order valence-electron chi connectivity index (χ3n) is 2.16. The van der Waals surface area contributed by atoms with Gasteiger partial charge in [-0.2, -0.15) is 13.2 Å². The summed E-state index contributed by atoms with van der Waals surface area (Å²) in [6.45, 7) is 0. The highest BCUT2D eigenvalue weighted by Gasteiger charge is 2.34. The zero-order valence-corrected chi connectivity index (χ0v) is 8.53. The fourth-order valence-corrected chi connectivity index (χ4v) is 1.33. The lowest BCUT2D eigenvalue weighted by atomic mass is 10.00. The Morgan fingerprint density at radius 2 is 2.00 bits per heavy atom. The maximum Gasteiger partial charge on any atom is 0.416 e. The van der Waals surface area contributed by atoms with Crippen LogP contribution in [0, 0.1) is 0 Å². The van der Waals surface area contributed by atoms with Gasteiger partial charge in [0.05, 0.1) is 5.56 Å². The molecule has 1 rings (SSSR count). The van der Waals surface area contributed by atoms with Crippen molar-refractivity contribution in [3.05, 3.63) is 29.3 Å². The Morgan fingerprint density at radius 1 is 1.41 bits per heavy atom. The summed E-state index contributed by atoms with van der Waals surface area (Å²) in [6.07, 6.45) is -5.11. The molecule has 0 fully saturated rings. The molecule has 7 heteroatoms. The van der Waals surface area contributed by atoms with Crippen LogP contribution in [0.1, 0.15) is 11.1 Å². The standard InChI is InChI=1S/C10H10F3NO3/c11-10(12,13)7-4-6(15)2-1-5(7)3-8(14)9(16)17/h1-2,4,8,15H,3,14H2,(H,16,17). The van der Waals surface area contributed by atoms with Crippen LogP contribution in [0.25, 0.3) is 0 Å². The lowest BCUT2D eigenvalue weighted by molar-refractivity contribution is -0.140. The summed E-state index contributed by atoms with van der Waals surface area (Å²) in [6, 6.07) is 1.20. The van der Waals surface area contributed by atoms with Gasteiger partial charge in [-0.25, -0.2) is 0 Å². The normalized spacial score (nSPS) is 13.4. The van der Waals surface area contributed by atoms with Crippen LogP contribution in [0.2, 0.25) is 0 Å². The van der Waals surface area contributed by atoms with Crippen molar-refractivity contribution in [2.24, 2.45) is 5.73 Å². The van der Waals surface area contributed by atoms with Crippen molar-refractivity contribution >= 4 is 5.97 Å². The molecule has 0 saturated carbocycles. The number of benzene rings is 1. The second-order valence-corrected chi connectivity index (χ2v) is 3.49. The van der Waals surface area contributed by atoms with E-state index in [1.54, 1.807) is 0 Å². The van der Waals surface area contributed by atoms with Crippen LogP contribution in [0.3, 0.4) is 0 Å². The van der Waals surface area contributed by atoms with Crippen LogP contribution in [-0.2, 0) is 17.4 Å². The predicted octanol–water partition coefficient (Wildman–Crippen LogP) is 1.37. The Bertz CT molecular complexity index is 431. The molecule has 0 bridgehead atoms. The maximum atomic E-state index is 12.6. The summed E-state index contributed by atoms with van der Waals surface area (Å²) in [5.41, 5.74) is 3.84. The smallest absolute Gasteiger partial charge is 0.416 e. The number of alkyl halides is 3. The Hall–Kier alpha value is -1.76. The summed E-state index contributed by atoms with van der Waals surface area (Å²) in [5.74, 6) is -1.92. The Morgan fingerprint density at radius 3 is 2.47 bits per heavy atom. The minimum absolute atomic E-state index is 0.259. The number of carboxylic acid groups (broad SMARTS) is 1. The molecule has 1 atom stereocenters. The average molecular weight is 249 g/mol. The van der Waals surface area contributed by atoms with E-state index in [0.29, 0.717) is 6.07 Å². The number of phenolic OH excluding ortho intramolecular Hbond substituents is 1. The number of hydrogen-bond acceptors (Lipinski definition) is 3. The molecular formula is C10H10F3NO3. The third kappa shape index (κ3) is 3.35. The number of rotatable bonds is 3. The Kier molecular flexibility index (Phi) is 3.62. The van der Waals surface area contributed by atoms with Crippen LogP contribution in [0.4, 0.5) is 13.2 Å². The molecule has 0 radical (unpaired) electrons. The summed E-state index contributed by atoms with van der Waals surface area (Å²) in [7, 11) is 0. The molecule has 1 aromatic rings. The summed E-state index contributed by atoms with van der Waals surface area (Å²) < 4.78 is 37.7.